The number of sulfonamides is 1. The standard InChI is InChI=1S/C10H9N3O2S2/c1-3-7(2)13-17(14,15)9-6-4-5-8-10(9)12-16-11-8/h1,4-7,13H,2H3. The smallest absolute Gasteiger partial charge is 0.207 e. The number of nitrogens with one attached hydrogen (secondary N) is 1. The van der Waals surface area contributed by atoms with Crippen LogP contribution in [0.5, 0.6) is 0 Å². The van der Waals surface area contributed by atoms with Gasteiger partial charge in [0, 0.05) is 0 Å². The third-order valence-electron chi connectivity index (χ3n) is 2.12. The average Bonchev–Trinajstić information content (AvgIpc) is 2.75. The van der Waals surface area contributed by atoms with Gasteiger partial charge in [0.1, 0.15) is 16.3 Å². The maximum atomic E-state index is 12.0. The van der Waals surface area contributed by atoms with E-state index in [1.165, 1.54) is 6.07 Å². The van der Waals surface area contributed by atoms with E-state index in [2.05, 4.69) is 19.4 Å². The second kappa shape index (κ2) is 4.41. The van der Waals surface area contributed by atoms with Gasteiger partial charge in [0.25, 0.3) is 0 Å². The molecular weight excluding hydrogens is 258 g/mol. The fourth-order valence-electron chi connectivity index (χ4n) is 1.33. The van der Waals surface area contributed by atoms with Crippen molar-refractivity contribution in [3.8, 4) is 12.3 Å². The third kappa shape index (κ3) is 2.29. The van der Waals surface area contributed by atoms with Gasteiger partial charge in [-0.1, -0.05) is 12.0 Å². The predicted octanol–water partition coefficient (Wildman–Crippen LogP) is 1.71. The van der Waals surface area contributed by atoms with Crippen molar-refractivity contribution in [2.75, 3.05) is 0 Å². The minimum atomic E-state index is -3.66. The van der Waals surface area contributed by atoms with Crippen molar-refractivity contribution in [2.24, 2.45) is 8.73 Å². The zero-order valence-corrected chi connectivity index (χ0v) is 10.5. The van der Waals surface area contributed by atoms with Crippen LogP contribution in [0, 0.1) is 12.3 Å². The highest BCUT2D eigenvalue weighted by Gasteiger charge is 2.23. The van der Waals surface area contributed by atoms with Crippen LogP contribution in [-0.4, -0.2) is 14.5 Å². The van der Waals surface area contributed by atoms with Crippen LogP contribution in [0.3, 0.4) is 0 Å². The van der Waals surface area contributed by atoms with E-state index < -0.39 is 16.1 Å². The van der Waals surface area contributed by atoms with Crippen molar-refractivity contribution >= 4 is 32.8 Å². The molecule has 5 nitrogen and oxygen atoms in total. The van der Waals surface area contributed by atoms with Crippen LogP contribution in [0.15, 0.2) is 31.8 Å². The van der Waals surface area contributed by atoms with Crippen molar-refractivity contribution in [3.05, 3.63) is 18.2 Å². The lowest BCUT2D eigenvalue weighted by molar-refractivity contribution is 0.578. The van der Waals surface area contributed by atoms with E-state index >= 15 is 0 Å². The summed E-state index contributed by atoms with van der Waals surface area (Å²) < 4.78 is 34.4. The van der Waals surface area contributed by atoms with E-state index in [0.717, 1.165) is 11.4 Å². The Kier molecular flexibility index (Phi) is 3.11. The lowest BCUT2D eigenvalue weighted by atomic mass is 10.3. The van der Waals surface area contributed by atoms with Gasteiger partial charge in [-0.3, -0.25) is 0 Å². The maximum absolute atomic E-state index is 12.0. The van der Waals surface area contributed by atoms with Gasteiger partial charge in [-0.05, 0) is 19.1 Å². The van der Waals surface area contributed by atoms with Crippen molar-refractivity contribution in [2.45, 2.75) is 17.9 Å². The molecule has 0 bridgehead atoms. The Labute approximate surface area is 103 Å². The van der Waals surface area contributed by atoms with Crippen molar-refractivity contribution in [3.63, 3.8) is 0 Å². The summed E-state index contributed by atoms with van der Waals surface area (Å²) in [7, 11) is -3.66. The highest BCUT2D eigenvalue weighted by molar-refractivity contribution is 7.89. The summed E-state index contributed by atoms with van der Waals surface area (Å²) in [4.78, 5) is 0.103. The molecule has 1 aliphatic heterocycles. The molecule has 1 N–H and O–H groups in total. The Balaban J connectivity index is 2.46. The Morgan fingerprint density at radius 2 is 2.24 bits per heavy atom. The highest BCUT2D eigenvalue weighted by Crippen LogP contribution is 2.37. The Hall–Kier alpha value is -1.49. The molecule has 0 aliphatic carbocycles. The fraction of sp³-hybridized carbons (Fsp3) is 0.200. The van der Waals surface area contributed by atoms with Crippen LogP contribution in [0.2, 0.25) is 0 Å². The van der Waals surface area contributed by atoms with Crippen LogP contribution in [0.25, 0.3) is 0 Å². The molecule has 1 aromatic rings. The molecule has 1 unspecified atom stereocenters. The molecule has 0 fully saturated rings. The first-order valence-corrected chi connectivity index (χ1v) is 6.95. The molecule has 88 valence electrons. The van der Waals surface area contributed by atoms with Crippen molar-refractivity contribution in [1.82, 2.24) is 4.72 Å². The summed E-state index contributed by atoms with van der Waals surface area (Å²) in [6.07, 6.45) is 5.15. The Morgan fingerprint density at radius 1 is 1.47 bits per heavy atom. The lowest BCUT2D eigenvalue weighted by Gasteiger charge is -2.10. The zero-order chi connectivity index (χ0) is 12.5. The summed E-state index contributed by atoms with van der Waals surface area (Å²) in [5.74, 6) is 2.31. The highest BCUT2D eigenvalue weighted by atomic mass is 32.2. The maximum Gasteiger partial charge on any atom is 0.243 e. The van der Waals surface area contributed by atoms with E-state index in [4.69, 9.17) is 6.42 Å². The van der Waals surface area contributed by atoms with E-state index in [9.17, 15) is 8.42 Å². The topological polar surface area (TPSA) is 70.9 Å². The van der Waals surface area contributed by atoms with Crippen molar-refractivity contribution < 1.29 is 8.42 Å². The second-order valence-electron chi connectivity index (χ2n) is 3.40. The van der Waals surface area contributed by atoms with E-state index in [1.54, 1.807) is 19.1 Å². The van der Waals surface area contributed by atoms with E-state index in [0.29, 0.717) is 11.4 Å². The van der Waals surface area contributed by atoms with Crippen LogP contribution < -0.4 is 4.72 Å². The fourth-order valence-corrected chi connectivity index (χ4v) is 3.26. The molecule has 7 heteroatoms. The number of hydrogen-bond donors (Lipinski definition) is 1. The van der Waals surface area contributed by atoms with Gasteiger partial charge in [-0.15, -0.1) is 6.42 Å². The molecule has 1 aliphatic rings. The lowest BCUT2D eigenvalue weighted by Crippen LogP contribution is -2.31. The quantitative estimate of drug-likeness (QED) is 0.860. The molecule has 1 heterocycles. The molecule has 1 aromatic carbocycles. The Bertz CT molecular complexity index is 667. The zero-order valence-electron chi connectivity index (χ0n) is 8.91. The number of terminal acetylenes is 1. The monoisotopic (exact) mass is 267 g/mol. The molecule has 0 spiro atoms. The normalized spacial score (nSPS) is 14.8. The molecule has 2 rings (SSSR count). The second-order valence-corrected chi connectivity index (χ2v) is 5.61. The molecule has 0 amide bonds. The molecule has 0 radical (unpaired) electrons. The minimum absolute atomic E-state index is 0.103. The number of nitrogens with zero attached hydrogens (tertiary/aromatic N) is 2. The number of hydrogen-bond acceptors (Lipinski definition) is 4. The van der Waals surface area contributed by atoms with E-state index in [1.807, 2.05) is 0 Å². The van der Waals surface area contributed by atoms with Gasteiger partial charge in [-0.25, -0.2) is 8.42 Å². The molecule has 1 atom stereocenters. The molecule has 0 aromatic heterocycles. The van der Waals surface area contributed by atoms with Gasteiger partial charge in [-0.2, -0.15) is 13.4 Å². The number of benzene rings is 1. The van der Waals surface area contributed by atoms with Gasteiger partial charge in [0.2, 0.25) is 10.0 Å². The number of fused-ring (bicyclic) bond motifs is 1. The molecule has 17 heavy (non-hydrogen) atoms. The summed E-state index contributed by atoms with van der Waals surface area (Å²) in [5.41, 5.74) is 0.931. The summed E-state index contributed by atoms with van der Waals surface area (Å²) in [6.45, 7) is 1.59. The molecule has 0 saturated heterocycles. The van der Waals surface area contributed by atoms with Crippen LogP contribution in [0.1, 0.15) is 6.92 Å². The van der Waals surface area contributed by atoms with E-state index in [-0.39, 0.29) is 4.90 Å². The predicted molar refractivity (Wildman–Crippen MR) is 66.6 cm³/mol. The van der Waals surface area contributed by atoms with Gasteiger partial charge in [0.05, 0.1) is 17.4 Å². The third-order valence-corrected chi connectivity index (χ3v) is 4.24. The van der Waals surface area contributed by atoms with Gasteiger partial charge < -0.3 is 0 Å². The molecular formula is C10H9N3O2S2. The number of rotatable bonds is 3. The largest absolute Gasteiger partial charge is 0.243 e. The van der Waals surface area contributed by atoms with Crippen LogP contribution in [-0.2, 0) is 21.4 Å². The first kappa shape index (κ1) is 12.0. The summed E-state index contributed by atoms with van der Waals surface area (Å²) >= 11 is 0.975. The first-order chi connectivity index (χ1) is 8.04. The summed E-state index contributed by atoms with van der Waals surface area (Å²) in [5, 5.41) is 0. The molecule has 0 saturated carbocycles. The van der Waals surface area contributed by atoms with Gasteiger partial charge in [0.15, 0.2) is 0 Å². The first-order valence-electron chi connectivity index (χ1n) is 4.74. The summed E-state index contributed by atoms with van der Waals surface area (Å²) in [6, 6.07) is 4.25. The SMILES string of the molecule is C#CC(C)NS(=O)(=O)c1cccc2c1N=S=N2. The average molecular weight is 267 g/mol. The van der Waals surface area contributed by atoms with Crippen LogP contribution >= 0.6 is 0 Å². The Morgan fingerprint density at radius 3 is 2.94 bits per heavy atom. The van der Waals surface area contributed by atoms with Gasteiger partial charge >= 0.3 is 0 Å². The minimum Gasteiger partial charge on any atom is -0.207 e. The van der Waals surface area contributed by atoms with Crippen molar-refractivity contribution in [1.29, 1.82) is 0 Å². The van der Waals surface area contributed by atoms with Crippen LogP contribution in [0.4, 0.5) is 11.4 Å².